The highest BCUT2D eigenvalue weighted by molar-refractivity contribution is 4.94. The molecule has 1 saturated carbocycles. The Balaban J connectivity index is 1.90. The van der Waals surface area contributed by atoms with Crippen LogP contribution >= 0.6 is 0 Å². The first-order chi connectivity index (χ1) is 6.42. The van der Waals surface area contributed by atoms with Crippen LogP contribution in [0.4, 0.5) is 0 Å². The standard InChI is InChI=1S/C9H15N3O/c1-2-13-6-5-9-11-10-7-12(9)8-3-4-8/h7-8H,2-6H2,1H3. The Labute approximate surface area is 77.9 Å². The number of ether oxygens (including phenoxy) is 1. The summed E-state index contributed by atoms with van der Waals surface area (Å²) >= 11 is 0. The summed E-state index contributed by atoms with van der Waals surface area (Å²) in [4.78, 5) is 0. The van der Waals surface area contributed by atoms with E-state index in [2.05, 4.69) is 14.8 Å². The molecule has 13 heavy (non-hydrogen) atoms. The Hall–Kier alpha value is -0.900. The minimum Gasteiger partial charge on any atom is -0.381 e. The van der Waals surface area contributed by atoms with Crippen molar-refractivity contribution in [2.45, 2.75) is 32.2 Å². The molecule has 1 aromatic rings. The van der Waals surface area contributed by atoms with E-state index in [1.165, 1.54) is 12.8 Å². The van der Waals surface area contributed by atoms with E-state index in [9.17, 15) is 0 Å². The lowest BCUT2D eigenvalue weighted by Crippen LogP contribution is -2.05. The van der Waals surface area contributed by atoms with Gasteiger partial charge in [-0.2, -0.15) is 0 Å². The molecule has 0 amide bonds. The summed E-state index contributed by atoms with van der Waals surface area (Å²) < 4.78 is 7.46. The van der Waals surface area contributed by atoms with E-state index >= 15 is 0 Å². The number of aromatic nitrogens is 3. The zero-order chi connectivity index (χ0) is 9.10. The lowest BCUT2D eigenvalue weighted by Gasteiger charge is -2.03. The molecule has 1 aromatic heterocycles. The van der Waals surface area contributed by atoms with Crippen molar-refractivity contribution in [2.75, 3.05) is 13.2 Å². The van der Waals surface area contributed by atoms with Crippen molar-refractivity contribution in [3.05, 3.63) is 12.2 Å². The molecule has 72 valence electrons. The van der Waals surface area contributed by atoms with Crippen molar-refractivity contribution in [2.24, 2.45) is 0 Å². The van der Waals surface area contributed by atoms with E-state index in [-0.39, 0.29) is 0 Å². The van der Waals surface area contributed by atoms with Crippen molar-refractivity contribution < 1.29 is 4.74 Å². The van der Waals surface area contributed by atoms with Crippen LogP contribution in [0.2, 0.25) is 0 Å². The molecule has 4 heteroatoms. The Kier molecular flexibility index (Phi) is 2.59. The lowest BCUT2D eigenvalue weighted by molar-refractivity contribution is 0.149. The number of nitrogens with zero attached hydrogens (tertiary/aromatic N) is 3. The quantitative estimate of drug-likeness (QED) is 0.641. The smallest absolute Gasteiger partial charge is 0.135 e. The molecule has 0 spiro atoms. The largest absolute Gasteiger partial charge is 0.381 e. The van der Waals surface area contributed by atoms with Crippen molar-refractivity contribution in [3.63, 3.8) is 0 Å². The van der Waals surface area contributed by atoms with Crippen LogP contribution in [0.15, 0.2) is 6.33 Å². The Morgan fingerprint density at radius 1 is 1.62 bits per heavy atom. The van der Waals surface area contributed by atoms with Gasteiger partial charge < -0.3 is 9.30 Å². The maximum atomic E-state index is 5.28. The van der Waals surface area contributed by atoms with E-state index in [0.717, 1.165) is 25.5 Å². The van der Waals surface area contributed by atoms with Crippen LogP contribution in [0.25, 0.3) is 0 Å². The number of hydrogen-bond donors (Lipinski definition) is 0. The van der Waals surface area contributed by atoms with Gasteiger partial charge in [-0.25, -0.2) is 0 Å². The van der Waals surface area contributed by atoms with Crippen molar-refractivity contribution in [1.82, 2.24) is 14.8 Å². The highest BCUT2D eigenvalue weighted by Gasteiger charge is 2.25. The monoisotopic (exact) mass is 181 g/mol. The highest BCUT2D eigenvalue weighted by atomic mass is 16.5. The Morgan fingerprint density at radius 2 is 2.46 bits per heavy atom. The Morgan fingerprint density at radius 3 is 3.15 bits per heavy atom. The minimum atomic E-state index is 0.673. The molecule has 0 unspecified atom stereocenters. The third-order valence-corrected chi connectivity index (χ3v) is 2.26. The summed E-state index contributed by atoms with van der Waals surface area (Å²) in [7, 11) is 0. The van der Waals surface area contributed by atoms with Gasteiger partial charge in [0.1, 0.15) is 12.2 Å². The molecule has 0 aliphatic heterocycles. The second-order valence-electron chi connectivity index (χ2n) is 3.33. The maximum Gasteiger partial charge on any atom is 0.135 e. The first-order valence-electron chi connectivity index (χ1n) is 4.88. The van der Waals surface area contributed by atoms with E-state index < -0.39 is 0 Å². The van der Waals surface area contributed by atoms with Gasteiger partial charge in [0.05, 0.1) is 6.61 Å². The molecule has 2 rings (SSSR count). The van der Waals surface area contributed by atoms with Crippen LogP contribution in [0, 0.1) is 0 Å². The summed E-state index contributed by atoms with van der Waals surface area (Å²) in [6, 6.07) is 0.673. The molecule has 0 bridgehead atoms. The van der Waals surface area contributed by atoms with Gasteiger partial charge in [0.2, 0.25) is 0 Å². The predicted octanol–water partition coefficient (Wildman–Crippen LogP) is 1.19. The van der Waals surface area contributed by atoms with Gasteiger partial charge in [-0.15, -0.1) is 10.2 Å². The molecule has 1 fully saturated rings. The van der Waals surface area contributed by atoms with E-state index in [1.807, 2.05) is 13.3 Å². The first-order valence-corrected chi connectivity index (χ1v) is 4.88. The van der Waals surface area contributed by atoms with E-state index in [1.54, 1.807) is 0 Å². The zero-order valence-electron chi connectivity index (χ0n) is 7.94. The van der Waals surface area contributed by atoms with Crippen molar-refractivity contribution >= 4 is 0 Å². The summed E-state index contributed by atoms with van der Waals surface area (Å²) in [5, 5.41) is 8.00. The minimum absolute atomic E-state index is 0.673. The number of hydrogen-bond acceptors (Lipinski definition) is 3. The van der Waals surface area contributed by atoms with E-state index in [4.69, 9.17) is 4.74 Å². The molecule has 0 N–H and O–H groups in total. The topological polar surface area (TPSA) is 39.9 Å². The fraction of sp³-hybridized carbons (Fsp3) is 0.778. The summed E-state index contributed by atoms with van der Waals surface area (Å²) in [6.07, 6.45) is 5.27. The van der Waals surface area contributed by atoms with Gasteiger partial charge in [0.25, 0.3) is 0 Å². The van der Waals surface area contributed by atoms with Crippen molar-refractivity contribution in [1.29, 1.82) is 0 Å². The van der Waals surface area contributed by atoms with Crippen LogP contribution in [-0.2, 0) is 11.2 Å². The van der Waals surface area contributed by atoms with Crippen LogP contribution in [0.3, 0.4) is 0 Å². The fourth-order valence-electron chi connectivity index (χ4n) is 1.41. The molecule has 1 heterocycles. The highest BCUT2D eigenvalue weighted by Crippen LogP contribution is 2.35. The third-order valence-electron chi connectivity index (χ3n) is 2.26. The molecular weight excluding hydrogens is 166 g/mol. The Bertz CT molecular complexity index is 268. The summed E-state index contributed by atoms with van der Waals surface area (Å²) in [5.74, 6) is 1.07. The second-order valence-corrected chi connectivity index (χ2v) is 3.33. The van der Waals surface area contributed by atoms with Gasteiger partial charge in [0, 0.05) is 19.1 Å². The average molecular weight is 181 g/mol. The molecular formula is C9H15N3O. The van der Waals surface area contributed by atoms with E-state index in [0.29, 0.717) is 6.04 Å². The van der Waals surface area contributed by atoms with Crippen LogP contribution in [0.1, 0.15) is 31.6 Å². The predicted molar refractivity (Wildman–Crippen MR) is 48.5 cm³/mol. The normalized spacial score (nSPS) is 16.4. The molecule has 0 atom stereocenters. The molecule has 1 aliphatic carbocycles. The molecule has 4 nitrogen and oxygen atoms in total. The number of rotatable bonds is 5. The fourth-order valence-corrected chi connectivity index (χ4v) is 1.41. The molecule has 0 aromatic carbocycles. The lowest BCUT2D eigenvalue weighted by atomic mass is 10.4. The molecule has 0 saturated heterocycles. The summed E-state index contributed by atoms with van der Waals surface area (Å²) in [6.45, 7) is 3.53. The van der Waals surface area contributed by atoms with Crippen LogP contribution in [0.5, 0.6) is 0 Å². The second kappa shape index (κ2) is 3.87. The maximum absolute atomic E-state index is 5.28. The average Bonchev–Trinajstić information content (AvgIpc) is 2.88. The summed E-state index contributed by atoms with van der Waals surface area (Å²) in [5.41, 5.74) is 0. The van der Waals surface area contributed by atoms with Gasteiger partial charge >= 0.3 is 0 Å². The SMILES string of the molecule is CCOCCc1nncn1C1CC1. The van der Waals surface area contributed by atoms with Gasteiger partial charge in [-0.3, -0.25) is 0 Å². The van der Waals surface area contributed by atoms with Crippen molar-refractivity contribution in [3.8, 4) is 0 Å². The molecule has 1 aliphatic rings. The zero-order valence-corrected chi connectivity index (χ0v) is 7.94. The third kappa shape index (κ3) is 2.06. The molecule has 0 radical (unpaired) electrons. The van der Waals surface area contributed by atoms with Crippen LogP contribution < -0.4 is 0 Å². The van der Waals surface area contributed by atoms with Gasteiger partial charge in [-0.05, 0) is 19.8 Å². The first kappa shape index (κ1) is 8.69. The van der Waals surface area contributed by atoms with Gasteiger partial charge in [-0.1, -0.05) is 0 Å². The van der Waals surface area contributed by atoms with Gasteiger partial charge in [0.15, 0.2) is 0 Å². The van der Waals surface area contributed by atoms with Crippen LogP contribution in [-0.4, -0.2) is 28.0 Å².